The number of pyridine rings is 1. The summed E-state index contributed by atoms with van der Waals surface area (Å²) in [7, 11) is 0. The third kappa shape index (κ3) is 3.82. The van der Waals surface area contributed by atoms with Gasteiger partial charge in [-0.1, -0.05) is 42.5 Å². The first-order valence-electron chi connectivity index (χ1n) is 9.00. The Morgan fingerprint density at radius 2 is 1.85 bits per heavy atom. The molecule has 0 unspecified atom stereocenters. The summed E-state index contributed by atoms with van der Waals surface area (Å²) >= 11 is 0. The summed E-state index contributed by atoms with van der Waals surface area (Å²) in [6.45, 7) is 1.63. The Morgan fingerprint density at radius 3 is 2.70 bits per heavy atom. The lowest BCUT2D eigenvalue weighted by Crippen LogP contribution is -2.36. The van der Waals surface area contributed by atoms with E-state index in [0.29, 0.717) is 30.9 Å². The fraction of sp³-hybridized carbons (Fsp3) is 0.182. The highest BCUT2D eigenvalue weighted by Gasteiger charge is 2.22. The van der Waals surface area contributed by atoms with Gasteiger partial charge in [0.1, 0.15) is 11.5 Å². The van der Waals surface area contributed by atoms with E-state index in [1.807, 2.05) is 17.0 Å². The van der Waals surface area contributed by atoms with E-state index >= 15 is 0 Å². The zero-order valence-electron chi connectivity index (χ0n) is 14.9. The summed E-state index contributed by atoms with van der Waals surface area (Å²) in [6, 6.07) is 18.4. The van der Waals surface area contributed by atoms with Gasteiger partial charge < -0.3 is 10.2 Å². The van der Waals surface area contributed by atoms with Gasteiger partial charge in [-0.05, 0) is 35.7 Å². The van der Waals surface area contributed by atoms with Crippen LogP contribution in [0.15, 0.2) is 66.9 Å². The first-order valence-corrected chi connectivity index (χ1v) is 9.00. The van der Waals surface area contributed by atoms with E-state index in [2.05, 4.69) is 22.4 Å². The van der Waals surface area contributed by atoms with Crippen molar-refractivity contribution in [3.05, 3.63) is 95.1 Å². The Kier molecular flexibility index (Phi) is 4.83. The molecule has 4 rings (SSSR count). The van der Waals surface area contributed by atoms with E-state index in [1.54, 1.807) is 36.5 Å². The second kappa shape index (κ2) is 7.58. The number of fused-ring (bicyclic) bond motifs is 1. The van der Waals surface area contributed by atoms with Gasteiger partial charge in [0.15, 0.2) is 0 Å². The second-order valence-electron chi connectivity index (χ2n) is 6.62. The van der Waals surface area contributed by atoms with Gasteiger partial charge in [-0.3, -0.25) is 9.78 Å². The molecule has 1 amide bonds. The number of hydrogen-bond donors (Lipinski definition) is 1. The fourth-order valence-electron chi connectivity index (χ4n) is 3.33. The molecule has 0 saturated carbocycles. The molecule has 3 aromatic rings. The average molecular weight is 361 g/mol. The van der Waals surface area contributed by atoms with Crippen LogP contribution in [0.2, 0.25) is 0 Å². The number of carbonyl (C=O) groups is 1. The lowest BCUT2D eigenvalue weighted by molar-refractivity contribution is 0.0729. The number of amides is 1. The molecule has 0 radical (unpaired) electrons. The molecule has 2 aromatic carbocycles. The van der Waals surface area contributed by atoms with Crippen LogP contribution in [0.5, 0.6) is 0 Å². The molecule has 1 aliphatic heterocycles. The molecule has 2 heterocycles. The van der Waals surface area contributed by atoms with Crippen molar-refractivity contribution in [3.63, 3.8) is 0 Å². The van der Waals surface area contributed by atoms with Crippen LogP contribution in [0.3, 0.4) is 0 Å². The normalized spacial score (nSPS) is 13.1. The van der Waals surface area contributed by atoms with Crippen LogP contribution in [0, 0.1) is 5.82 Å². The van der Waals surface area contributed by atoms with Gasteiger partial charge in [0.05, 0.1) is 0 Å². The Hall–Kier alpha value is -3.21. The molecule has 1 N–H and O–H groups in total. The molecule has 0 bridgehead atoms. The van der Waals surface area contributed by atoms with Crippen LogP contribution in [0.1, 0.15) is 27.2 Å². The molecular weight excluding hydrogens is 341 g/mol. The van der Waals surface area contributed by atoms with Crippen molar-refractivity contribution in [3.8, 4) is 0 Å². The Morgan fingerprint density at radius 1 is 1.07 bits per heavy atom. The lowest BCUT2D eigenvalue weighted by atomic mass is 10.00. The molecule has 5 heteroatoms. The number of nitrogens with zero attached hydrogens (tertiary/aromatic N) is 2. The van der Waals surface area contributed by atoms with E-state index in [1.165, 1.54) is 17.2 Å². The molecule has 136 valence electrons. The van der Waals surface area contributed by atoms with E-state index in [9.17, 15) is 9.18 Å². The zero-order valence-corrected chi connectivity index (χ0v) is 14.9. The molecule has 4 nitrogen and oxygen atoms in total. The van der Waals surface area contributed by atoms with Crippen LogP contribution in [0.4, 0.5) is 10.1 Å². The monoisotopic (exact) mass is 361 g/mol. The molecule has 0 fully saturated rings. The van der Waals surface area contributed by atoms with Crippen LogP contribution < -0.4 is 5.32 Å². The highest BCUT2D eigenvalue weighted by molar-refractivity contribution is 5.93. The van der Waals surface area contributed by atoms with Crippen molar-refractivity contribution >= 4 is 11.6 Å². The standard InChI is InChI=1S/C22H20FN3O/c23-20-8-4-3-6-17(20)14-25-19-9-11-24-21(13-19)22(27)26-12-10-16-5-1-2-7-18(16)15-26/h1-9,11,13H,10,12,14-15H2,(H,24,25). The molecule has 0 aliphatic carbocycles. The Bertz CT molecular complexity index is 973. The summed E-state index contributed by atoms with van der Waals surface area (Å²) in [5.74, 6) is -0.332. The highest BCUT2D eigenvalue weighted by Crippen LogP contribution is 2.21. The maximum absolute atomic E-state index is 13.8. The minimum absolute atomic E-state index is 0.0842. The van der Waals surface area contributed by atoms with Crippen molar-refractivity contribution in [1.82, 2.24) is 9.88 Å². The number of hydrogen-bond acceptors (Lipinski definition) is 3. The maximum atomic E-state index is 13.8. The largest absolute Gasteiger partial charge is 0.381 e. The number of anilines is 1. The molecular formula is C22H20FN3O. The van der Waals surface area contributed by atoms with Crippen LogP contribution in [0.25, 0.3) is 0 Å². The molecule has 27 heavy (non-hydrogen) atoms. The van der Waals surface area contributed by atoms with Crippen molar-refractivity contribution in [1.29, 1.82) is 0 Å². The third-order valence-electron chi connectivity index (χ3n) is 4.84. The van der Waals surface area contributed by atoms with Crippen molar-refractivity contribution in [2.75, 3.05) is 11.9 Å². The summed E-state index contributed by atoms with van der Waals surface area (Å²) < 4.78 is 13.8. The van der Waals surface area contributed by atoms with Gasteiger partial charge in [-0.25, -0.2) is 4.39 Å². The number of rotatable bonds is 4. The quantitative estimate of drug-likeness (QED) is 0.763. The molecule has 0 saturated heterocycles. The van der Waals surface area contributed by atoms with E-state index in [-0.39, 0.29) is 11.7 Å². The predicted molar refractivity (Wildman–Crippen MR) is 103 cm³/mol. The third-order valence-corrected chi connectivity index (χ3v) is 4.84. The fourth-order valence-corrected chi connectivity index (χ4v) is 3.33. The Balaban J connectivity index is 1.46. The van der Waals surface area contributed by atoms with Crippen molar-refractivity contribution in [2.45, 2.75) is 19.5 Å². The van der Waals surface area contributed by atoms with Crippen LogP contribution >= 0.6 is 0 Å². The van der Waals surface area contributed by atoms with Gasteiger partial charge in [0.2, 0.25) is 0 Å². The lowest BCUT2D eigenvalue weighted by Gasteiger charge is -2.28. The van der Waals surface area contributed by atoms with E-state index in [0.717, 1.165) is 12.1 Å². The second-order valence-corrected chi connectivity index (χ2v) is 6.62. The maximum Gasteiger partial charge on any atom is 0.272 e. The van der Waals surface area contributed by atoms with Crippen LogP contribution in [-0.4, -0.2) is 22.3 Å². The van der Waals surface area contributed by atoms with E-state index < -0.39 is 0 Å². The topological polar surface area (TPSA) is 45.2 Å². The number of halogens is 1. The van der Waals surface area contributed by atoms with Gasteiger partial charge in [-0.15, -0.1) is 0 Å². The summed E-state index contributed by atoms with van der Waals surface area (Å²) in [5.41, 5.74) is 4.21. The number of benzene rings is 2. The zero-order chi connectivity index (χ0) is 18.6. The first kappa shape index (κ1) is 17.2. The van der Waals surface area contributed by atoms with Gasteiger partial charge in [0, 0.05) is 37.1 Å². The first-order chi connectivity index (χ1) is 13.2. The molecule has 1 aromatic heterocycles. The predicted octanol–water partition coefficient (Wildman–Crippen LogP) is 4.03. The van der Waals surface area contributed by atoms with Crippen LogP contribution in [-0.2, 0) is 19.5 Å². The summed E-state index contributed by atoms with van der Waals surface area (Å²) in [5, 5.41) is 3.16. The smallest absolute Gasteiger partial charge is 0.272 e. The van der Waals surface area contributed by atoms with Gasteiger partial charge >= 0.3 is 0 Å². The molecule has 1 aliphatic rings. The van der Waals surface area contributed by atoms with Gasteiger partial charge in [0.25, 0.3) is 5.91 Å². The Labute approximate surface area is 157 Å². The summed E-state index contributed by atoms with van der Waals surface area (Å²) in [4.78, 5) is 18.9. The highest BCUT2D eigenvalue weighted by atomic mass is 19.1. The minimum atomic E-state index is -0.248. The minimum Gasteiger partial charge on any atom is -0.381 e. The molecule has 0 spiro atoms. The van der Waals surface area contributed by atoms with Gasteiger partial charge in [-0.2, -0.15) is 0 Å². The average Bonchev–Trinajstić information content (AvgIpc) is 2.72. The van der Waals surface area contributed by atoms with Crippen molar-refractivity contribution < 1.29 is 9.18 Å². The van der Waals surface area contributed by atoms with E-state index in [4.69, 9.17) is 0 Å². The van der Waals surface area contributed by atoms with Crippen molar-refractivity contribution in [2.24, 2.45) is 0 Å². The SMILES string of the molecule is O=C(c1cc(NCc2ccccc2F)ccn1)N1CCc2ccccc2C1. The number of aromatic nitrogens is 1. The molecule has 0 atom stereocenters. The number of carbonyl (C=O) groups excluding carboxylic acids is 1. The number of nitrogens with one attached hydrogen (secondary N) is 1. The summed E-state index contributed by atoms with van der Waals surface area (Å²) in [6.07, 6.45) is 2.46.